The molecule has 116 valence electrons. The van der Waals surface area contributed by atoms with Crippen molar-refractivity contribution >= 4 is 40.7 Å². The van der Waals surface area contributed by atoms with Gasteiger partial charge in [0.1, 0.15) is 5.82 Å². The molecule has 1 aliphatic rings. The molecule has 1 aromatic heterocycles. The van der Waals surface area contributed by atoms with E-state index in [0.717, 1.165) is 37.7 Å². The van der Waals surface area contributed by atoms with E-state index in [2.05, 4.69) is 32.1 Å². The first kappa shape index (κ1) is 15.3. The van der Waals surface area contributed by atoms with Gasteiger partial charge in [0, 0.05) is 48.1 Å². The summed E-state index contributed by atoms with van der Waals surface area (Å²) in [6.45, 7) is 4.01. The number of halogens is 2. The number of rotatable bonds is 3. The van der Waals surface area contributed by atoms with Crippen LogP contribution in [-0.4, -0.2) is 48.1 Å². The van der Waals surface area contributed by atoms with Crippen molar-refractivity contribution in [2.45, 2.75) is 0 Å². The first-order valence-electron chi connectivity index (χ1n) is 7.10. The lowest BCUT2D eigenvalue weighted by atomic mass is 10.3. The quantitative estimate of drug-likeness (QED) is 0.931. The molecule has 1 saturated heterocycles. The highest BCUT2D eigenvalue weighted by atomic mass is 35.5. The van der Waals surface area contributed by atoms with Crippen molar-refractivity contribution in [3.05, 3.63) is 40.5 Å². The zero-order chi connectivity index (χ0) is 15.5. The average molecular weight is 338 g/mol. The number of benzene rings is 1. The normalized spacial score (nSPS) is 15.9. The molecule has 2 heterocycles. The number of hydrogen-bond acceptors (Lipinski definition) is 5. The van der Waals surface area contributed by atoms with Gasteiger partial charge in [-0.25, -0.2) is 4.98 Å². The molecule has 0 spiro atoms. The van der Waals surface area contributed by atoms with Crippen LogP contribution in [0.5, 0.6) is 0 Å². The molecular formula is C15H17Cl2N5. The van der Waals surface area contributed by atoms with Gasteiger partial charge in [-0.1, -0.05) is 23.2 Å². The maximum atomic E-state index is 6.00. The topological polar surface area (TPSA) is 44.3 Å². The molecule has 22 heavy (non-hydrogen) atoms. The van der Waals surface area contributed by atoms with Crippen molar-refractivity contribution in [1.82, 2.24) is 14.9 Å². The largest absolute Gasteiger partial charge is 0.354 e. The Morgan fingerprint density at radius 3 is 2.41 bits per heavy atom. The Balaban J connectivity index is 1.76. The predicted molar refractivity (Wildman–Crippen MR) is 91.5 cm³/mol. The molecular weight excluding hydrogens is 321 g/mol. The summed E-state index contributed by atoms with van der Waals surface area (Å²) in [4.78, 5) is 13.4. The molecule has 0 saturated carbocycles. The van der Waals surface area contributed by atoms with Crippen LogP contribution in [-0.2, 0) is 0 Å². The number of aromatic nitrogens is 2. The molecule has 0 radical (unpaired) electrons. The smallest absolute Gasteiger partial charge is 0.229 e. The SMILES string of the molecule is CN1CCN(c2ccnc(Nc3cc(Cl)cc(Cl)c3)n2)CC1. The number of nitrogens with one attached hydrogen (secondary N) is 1. The van der Waals surface area contributed by atoms with Gasteiger partial charge >= 0.3 is 0 Å². The number of anilines is 3. The third kappa shape index (κ3) is 3.80. The van der Waals surface area contributed by atoms with E-state index in [-0.39, 0.29) is 0 Å². The minimum Gasteiger partial charge on any atom is -0.354 e. The van der Waals surface area contributed by atoms with E-state index in [9.17, 15) is 0 Å². The lowest BCUT2D eigenvalue weighted by molar-refractivity contribution is 0.312. The Bertz CT molecular complexity index is 636. The first-order valence-corrected chi connectivity index (χ1v) is 7.85. The van der Waals surface area contributed by atoms with E-state index < -0.39 is 0 Å². The van der Waals surface area contributed by atoms with Crippen LogP contribution in [0.25, 0.3) is 0 Å². The van der Waals surface area contributed by atoms with E-state index >= 15 is 0 Å². The van der Waals surface area contributed by atoms with Crippen LogP contribution in [0.3, 0.4) is 0 Å². The van der Waals surface area contributed by atoms with Crippen LogP contribution in [0.2, 0.25) is 10.0 Å². The molecule has 0 atom stereocenters. The lowest BCUT2D eigenvalue weighted by Gasteiger charge is -2.33. The summed E-state index contributed by atoms with van der Waals surface area (Å²) in [5.74, 6) is 1.47. The van der Waals surface area contributed by atoms with Crippen LogP contribution in [0, 0.1) is 0 Å². The number of piperazine rings is 1. The van der Waals surface area contributed by atoms with Crippen molar-refractivity contribution in [2.75, 3.05) is 43.4 Å². The van der Waals surface area contributed by atoms with Crippen LogP contribution in [0.4, 0.5) is 17.5 Å². The van der Waals surface area contributed by atoms with Gasteiger partial charge in [-0.3, -0.25) is 0 Å². The Hall–Kier alpha value is -1.56. The Labute approximate surface area is 139 Å². The molecule has 7 heteroatoms. The highest BCUT2D eigenvalue weighted by Crippen LogP contribution is 2.24. The van der Waals surface area contributed by atoms with Gasteiger partial charge < -0.3 is 15.1 Å². The van der Waals surface area contributed by atoms with Gasteiger partial charge in [0.05, 0.1) is 0 Å². The Kier molecular flexibility index (Phi) is 4.66. The van der Waals surface area contributed by atoms with Gasteiger partial charge in [-0.05, 0) is 31.3 Å². The number of nitrogens with zero attached hydrogens (tertiary/aromatic N) is 4. The van der Waals surface area contributed by atoms with E-state index in [4.69, 9.17) is 23.2 Å². The molecule has 1 fully saturated rings. The van der Waals surface area contributed by atoms with E-state index in [0.29, 0.717) is 16.0 Å². The van der Waals surface area contributed by atoms with Gasteiger partial charge in [-0.15, -0.1) is 0 Å². The third-order valence-corrected chi connectivity index (χ3v) is 4.02. The second kappa shape index (κ2) is 6.69. The van der Waals surface area contributed by atoms with Gasteiger partial charge in [0.25, 0.3) is 0 Å². The predicted octanol–water partition coefficient (Wildman–Crippen LogP) is 3.28. The number of likely N-dealkylation sites (N-methyl/N-ethyl adjacent to an activating group) is 1. The van der Waals surface area contributed by atoms with E-state index in [1.807, 2.05) is 6.07 Å². The Morgan fingerprint density at radius 2 is 1.73 bits per heavy atom. The van der Waals surface area contributed by atoms with Crippen molar-refractivity contribution in [2.24, 2.45) is 0 Å². The molecule has 1 aliphatic heterocycles. The molecule has 0 aliphatic carbocycles. The molecule has 3 rings (SSSR count). The zero-order valence-electron chi connectivity index (χ0n) is 12.3. The van der Waals surface area contributed by atoms with Gasteiger partial charge in [0.15, 0.2) is 0 Å². The van der Waals surface area contributed by atoms with Crippen LogP contribution < -0.4 is 10.2 Å². The van der Waals surface area contributed by atoms with Crippen LogP contribution in [0.15, 0.2) is 30.5 Å². The standard InChI is InChI=1S/C15H17Cl2N5/c1-21-4-6-22(7-5-21)14-2-3-18-15(20-14)19-13-9-11(16)8-12(17)10-13/h2-3,8-10H,4-7H2,1H3,(H,18,19,20). The van der Waals surface area contributed by atoms with Crippen molar-refractivity contribution < 1.29 is 0 Å². The summed E-state index contributed by atoms with van der Waals surface area (Å²) >= 11 is 12.0. The molecule has 5 nitrogen and oxygen atoms in total. The van der Waals surface area contributed by atoms with Crippen molar-refractivity contribution in [3.63, 3.8) is 0 Å². The second-order valence-corrected chi connectivity index (χ2v) is 6.18. The van der Waals surface area contributed by atoms with E-state index in [1.54, 1.807) is 24.4 Å². The van der Waals surface area contributed by atoms with Crippen LogP contribution >= 0.6 is 23.2 Å². The third-order valence-electron chi connectivity index (χ3n) is 3.59. The maximum Gasteiger partial charge on any atom is 0.229 e. The molecule has 0 unspecified atom stereocenters. The molecule has 0 bridgehead atoms. The molecule has 0 amide bonds. The second-order valence-electron chi connectivity index (χ2n) is 5.31. The summed E-state index contributed by atoms with van der Waals surface area (Å²) in [6, 6.07) is 7.20. The summed E-state index contributed by atoms with van der Waals surface area (Å²) in [7, 11) is 2.13. The fourth-order valence-electron chi connectivity index (χ4n) is 2.38. The van der Waals surface area contributed by atoms with E-state index in [1.165, 1.54) is 0 Å². The monoisotopic (exact) mass is 337 g/mol. The highest BCUT2D eigenvalue weighted by molar-refractivity contribution is 6.35. The molecule has 1 N–H and O–H groups in total. The van der Waals surface area contributed by atoms with Gasteiger partial charge in [-0.2, -0.15) is 4.98 Å². The summed E-state index contributed by atoms with van der Waals surface area (Å²) in [5, 5.41) is 4.29. The van der Waals surface area contributed by atoms with Crippen molar-refractivity contribution in [3.8, 4) is 0 Å². The summed E-state index contributed by atoms with van der Waals surface area (Å²) < 4.78 is 0. The zero-order valence-corrected chi connectivity index (χ0v) is 13.8. The van der Waals surface area contributed by atoms with Crippen LogP contribution in [0.1, 0.15) is 0 Å². The minimum atomic E-state index is 0.537. The first-order chi connectivity index (χ1) is 10.6. The Morgan fingerprint density at radius 1 is 1.05 bits per heavy atom. The lowest BCUT2D eigenvalue weighted by Crippen LogP contribution is -2.44. The summed E-state index contributed by atoms with van der Waals surface area (Å²) in [5.41, 5.74) is 0.771. The number of hydrogen-bond donors (Lipinski definition) is 1. The molecule has 2 aromatic rings. The maximum absolute atomic E-state index is 6.00. The molecule has 1 aromatic carbocycles. The summed E-state index contributed by atoms with van der Waals surface area (Å²) in [6.07, 6.45) is 1.76. The minimum absolute atomic E-state index is 0.537. The fourth-order valence-corrected chi connectivity index (χ4v) is 2.90. The highest BCUT2D eigenvalue weighted by Gasteiger charge is 2.15. The fraction of sp³-hybridized carbons (Fsp3) is 0.333. The van der Waals surface area contributed by atoms with Crippen molar-refractivity contribution in [1.29, 1.82) is 0 Å². The average Bonchev–Trinajstić information content (AvgIpc) is 2.47. The van der Waals surface area contributed by atoms with Gasteiger partial charge in [0.2, 0.25) is 5.95 Å².